The number of benzene rings is 1. The molecule has 0 aliphatic heterocycles. The molecular weight excluding hydrogens is 256 g/mol. The van der Waals surface area contributed by atoms with Gasteiger partial charge in [0.05, 0.1) is 6.10 Å². The first kappa shape index (κ1) is 15.4. The second kappa shape index (κ2) is 6.47. The van der Waals surface area contributed by atoms with E-state index in [0.29, 0.717) is 12.1 Å². The largest absolute Gasteiger partial charge is 0.507 e. The molecule has 1 amide bonds. The molecular formula is C13H17F2NO3. The fourth-order valence-electron chi connectivity index (χ4n) is 1.54. The van der Waals surface area contributed by atoms with E-state index in [9.17, 15) is 23.8 Å². The minimum absolute atomic E-state index is 0.0213. The van der Waals surface area contributed by atoms with E-state index in [1.165, 1.54) is 0 Å². The minimum Gasteiger partial charge on any atom is -0.507 e. The van der Waals surface area contributed by atoms with Crippen LogP contribution in [0.5, 0.6) is 5.75 Å². The third-order valence-electron chi connectivity index (χ3n) is 3.03. The molecule has 1 aromatic rings. The first-order chi connectivity index (χ1) is 8.86. The number of aliphatic hydroxyl groups is 1. The van der Waals surface area contributed by atoms with Crippen molar-refractivity contribution in [3.05, 3.63) is 29.3 Å². The SMILES string of the molecule is CCC(C)C(O)CNC(=O)c1c(O)cc(F)cc1F. The van der Waals surface area contributed by atoms with Crippen molar-refractivity contribution in [3.63, 3.8) is 0 Å². The number of halogens is 2. The van der Waals surface area contributed by atoms with Crippen LogP contribution in [0, 0.1) is 17.6 Å². The Morgan fingerprint density at radius 2 is 2.05 bits per heavy atom. The molecule has 1 aromatic carbocycles. The highest BCUT2D eigenvalue weighted by Gasteiger charge is 2.20. The van der Waals surface area contributed by atoms with Crippen LogP contribution >= 0.6 is 0 Å². The van der Waals surface area contributed by atoms with E-state index in [-0.39, 0.29) is 12.5 Å². The maximum Gasteiger partial charge on any atom is 0.258 e. The summed E-state index contributed by atoms with van der Waals surface area (Å²) < 4.78 is 26.2. The van der Waals surface area contributed by atoms with Gasteiger partial charge in [-0.25, -0.2) is 8.78 Å². The summed E-state index contributed by atoms with van der Waals surface area (Å²) in [6.45, 7) is 3.64. The van der Waals surface area contributed by atoms with Crippen molar-refractivity contribution in [2.45, 2.75) is 26.4 Å². The summed E-state index contributed by atoms with van der Waals surface area (Å²) in [4.78, 5) is 11.7. The predicted octanol–water partition coefficient (Wildman–Crippen LogP) is 1.81. The van der Waals surface area contributed by atoms with Crippen molar-refractivity contribution in [1.29, 1.82) is 0 Å². The number of carbonyl (C=O) groups excluding carboxylic acids is 1. The van der Waals surface area contributed by atoms with Gasteiger partial charge < -0.3 is 15.5 Å². The quantitative estimate of drug-likeness (QED) is 0.766. The number of aliphatic hydroxyl groups excluding tert-OH is 1. The van der Waals surface area contributed by atoms with Crippen molar-refractivity contribution in [3.8, 4) is 5.75 Å². The van der Waals surface area contributed by atoms with Gasteiger partial charge in [-0.2, -0.15) is 0 Å². The van der Waals surface area contributed by atoms with Crippen molar-refractivity contribution >= 4 is 5.91 Å². The van der Waals surface area contributed by atoms with Crippen LogP contribution in [-0.4, -0.2) is 28.8 Å². The van der Waals surface area contributed by atoms with Gasteiger partial charge in [-0.05, 0) is 5.92 Å². The molecule has 0 aromatic heterocycles. The maximum absolute atomic E-state index is 13.4. The normalized spacial score (nSPS) is 13.9. The molecule has 0 aliphatic carbocycles. The monoisotopic (exact) mass is 273 g/mol. The maximum atomic E-state index is 13.4. The molecule has 4 nitrogen and oxygen atoms in total. The van der Waals surface area contributed by atoms with E-state index in [1.54, 1.807) is 0 Å². The van der Waals surface area contributed by atoms with Gasteiger partial charge >= 0.3 is 0 Å². The van der Waals surface area contributed by atoms with E-state index in [4.69, 9.17) is 0 Å². The van der Waals surface area contributed by atoms with Crippen LogP contribution in [-0.2, 0) is 0 Å². The van der Waals surface area contributed by atoms with Gasteiger partial charge in [0, 0.05) is 18.7 Å². The Balaban J connectivity index is 2.74. The zero-order valence-electron chi connectivity index (χ0n) is 10.8. The molecule has 3 N–H and O–H groups in total. The number of phenolic OH excluding ortho intramolecular Hbond substituents is 1. The van der Waals surface area contributed by atoms with Crippen molar-refractivity contribution < 1.29 is 23.8 Å². The highest BCUT2D eigenvalue weighted by Crippen LogP contribution is 2.21. The second-order valence-electron chi connectivity index (χ2n) is 4.44. The lowest BCUT2D eigenvalue weighted by Gasteiger charge is -2.17. The number of hydrogen-bond acceptors (Lipinski definition) is 3. The van der Waals surface area contributed by atoms with E-state index in [2.05, 4.69) is 5.32 Å². The number of rotatable bonds is 5. The number of nitrogens with one attached hydrogen (secondary N) is 1. The lowest BCUT2D eigenvalue weighted by Crippen LogP contribution is -2.35. The zero-order chi connectivity index (χ0) is 14.6. The summed E-state index contributed by atoms with van der Waals surface area (Å²) in [6.07, 6.45) is -0.0349. The van der Waals surface area contributed by atoms with Crippen LogP contribution in [0.25, 0.3) is 0 Å². The highest BCUT2D eigenvalue weighted by atomic mass is 19.1. The fraction of sp³-hybridized carbons (Fsp3) is 0.462. The van der Waals surface area contributed by atoms with Gasteiger partial charge in [0.25, 0.3) is 5.91 Å². The van der Waals surface area contributed by atoms with Crippen LogP contribution in [0.3, 0.4) is 0 Å². The summed E-state index contributed by atoms with van der Waals surface area (Å²) in [5.41, 5.74) is -0.627. The molecule has 19 heavy (non-hydrogen) atoms. The molecule has 0 aliphatic rings. The van der Waals surface area contributed by atoms with Gasteiger partial charge in [0.2, 0.25) is 0 Å². The topological polar surface area (TPSA) is 69.6 Å². The first-order valence-electron chi connectivity index (χ1n) is 6.01. The van der Waals surface area contributed by atoms with Gasteiger partial charge in [-0.3, -0.25) is 4.79 Å². The van der Waals surface area contributed by atoms with Crippen LogP contribution < -0.4 is 5.32 Å². The Morgan fingerprint density at radius 1 is 1.42 bits per heavy atom. The summed E-state index contributed by atoms with van der Waals surface area (Å²) in [7, 11) is 0. The molecule has 2 atom stereocenters. The van der Waals surface area contributed by atoms with Crippen molar-refractivity contribution in [2.24, 2.45) is 5.92 Å². The van der Waals surface area contributed by atoms with Crippen molar-refractivity contribution in [2.75, 3.05) is 6.54 Å². The smallest absolute Gasteiger partial charge is 0.258 e. The van der Waals surface area contributed by atoms with Crippen LogP contribution in [0.15, 0.2) is 12.1 Å². The summed E-state index contributed by atoms with van der Waals surface area (Å²) >= 11 is 0. The van der Waals surface area contributed by atoms with E-state index >= 15 is 0 Å². The van der Waals surface area contributed by atoms with E-state index in [1.807, 2.05) is 13.8 Å². The minimum atomic E-state index is -1.15. The summed E-state index contributed by atoms with van der Waals surface area (Å²) in [5, 5.41) is 21.3. The Kier molecular flexibility index (Phi) is 5.23. The number of aromatic hydroxyl groups is 1. The Morgan fingerprint density at radius 3 is 2.58 bits per heavy atom. The molecule has 0 heterocycles. The van der Waals surface area contributed by atoms with Crippen LogP contribution in [0.2, 0.25) is 0 Å². The molecule has 0 saturated carbocycles. The summed E-state index contributed by atoms with van der Waals surface area (Å²) in [6, 6.07) is 1.17. The molecule has 0 bridgehead atoms. The average Bonchev–Trinajstić information content (AvgIpc) is 2.33. The molecule has 106 valence electrons. The summed E-state index contributed by atoms with van der Waals surface area (Å²) in [5.74, 6) is -3.79. The van der Waals surface area contributed by atoms with Gasteiger partial charge in [0.1, 0.15) is 22.9 Å². The van der Waals surface area contributed by atoms with Gasteiger partial charge in [-0.1, -0.05) is 20.3 Å². The van der Waals surface area contributed by atoms with Gasteiger partial charge in [0.15, 0.2) is 0 Å². The fourth-order valence-corrected chi connectivity index (χ4v) is 1.54. The highest BCUT2D eigenvalue weighted by molar-refractivity contribution is 5.97. The molecule has 0 fully saturated rings. The number of phenols is 1. The standard InChI is InChI=1S/C13H17F2NO3/c1-3-7(2)11(18)6-16-13(19)12-9(15)4-8(14)5-10(12)17/h4-5,7,11,17-18H,3,6H2,1-2H3,(H,16,19). The van der Waals surface area contributed by atoms with Crippen molar-refractivity contribution in [1.82, 2.24) is 5.32 Å². The van der Waals surface area contributed by atoms with Gasteiger partial charge in [-0.15, -0.1) is 0 Å². The lowest BCUT2D eigenvalue weighted by molar-refractivity contribution is 0.0844. The van der Waals surface area contributed by atoms with E-state index in [0.717, 1.165) is 6.42 Å². The van der Waals surface area contributed by atoms with Crippen LogP contribution in [0.4, 0.5) is 8.78 Å². The average molecular weight is 273 g/mol. The lowest BCUT2D eigenvalue weighted by atomic mass is 10.0. The Labute approximate surface area is 110 Å². The Bertz CT molecular complexity index is 442. The first-order valence-corrected chi connectivity index (χ1v) is 6.01. The molecule has 0 saturated heterocycles. The zero-order valence-corrected chi connectivity index (χ0v) is 10.8. The Hall–Kier alpha value is -1.69. The molecule has 2 unspecified atom stereocenters. The number of amides is 1. The molecule has 6 heteroatoms. The third kappa shape index (κ3) is 3.89. The third-order valence-corrected chi connectivity index (χ3v) is 3.03. The predicted molar refractivity (Wildman–Crippen MR) is 65.8 cm³/mol. The second-order valence-corrected chi connectivity index (χ2v) is 4.44. The number of carbonyl (C=O) groups is 1. The van der Waals surface area contributed by atoms with E-state index < -0.39 is 35.0 Å². The molecule has 1 rings (SSSR count). The molecule has 0 radical (unpaired) electrons. The molecule has 0 spiro atoms. The number of hydrogen-bond donors (Lipinski definition) is 3. The van der Waals surface area contributed by atoms with Crippen LogP contribution in [0.1, 0.15) is 30.6 Å².